The Morgan fingerprint density at radius 2 is 1.97 bits per heavy atom. The molecule has 2 bridgehead atoms. The number of ether oxygens (including phenoxy) is 2. The molecule has 9 heteroatoms. The molecule has 1 aromatic carbocycles. The van der Waals surface area contributed by atoms with E-state index in [1.165, 1.54) is 17.3 Å². The molecule has 0 aromatic heterocycles. The van der Waals surface area contributed by atoms with Gasteiger partial charge in [-0.3, -0.25) is 0 Å². The molecule has 1 aliphatic carbocycles. The number of phenolic OH excluding ortho intramolecular Hbond substituents is 1. The predicted molar refractivity (Wildman–Crippen MR) is 114 cm³/mol. The van der Waals surface area contributed by atoms with Gasteiger partial charge in [-0.2, -0.15) is 0 Å². The number of benzene rings is 1. The zero-order valence-corrected chi connectivity index (χ0v) is 18.5. The highest BCUT2D eigenvalue weighted by molar-refractivity contribution is 7.99. The Balaban J connectivity index is 1.43. The molecule has 8 nitrogen and oxygen atoms in total. The van der Waals surface area contributed by atoms with Crippen molar-refractivity contribution in [2.45, 2.75) is 67.2 Å². The third-order valence-electron chi connectivity index (χ3n) is 8.05. The molecule has 0 amide bonds. The number of aliphatic hydroxyl groups excluding tert-OH is 4. The van der Waals surface area contributed by atoms with E-state index in [1.807, 2.05) is 6.07 Å². The van der Waals surface area contributed by atoms with Crippen LogP contribution in [0, 0.1) is 5.92 Å². The highest BCUT2D eigenvalue weighted by Crippen LogP contribution is 2.60. The first-order valence-corrected chi connectivity index (χ1v) is 12.0. The number of phenols is 1. The van der Waals surface area contributed by atoms with E-state index >= 15 is 0 Å². The molecule has 1 spiro atoms. The van der Waals surface area contributed by atoms with E-state index in [0.29, 0.717) is 23.5 Å². The van der Waals surface area contributed by atoms with Crippen molar-refractivity contribution in [1.29, 1.82) is 0 Å². The second-order valence-corrected chi connectivity index (χ2v) is 10.5. The number of hydrogen-bond donors (Lipinski definition) is 5. The fourth-order valence-corrected chi connectivity index (χ4v) is 7.54. The minimum Gasteiger partial charge on any atom is -0.504 e. The highest BCUT2D eigenvalue weighted by Gasteiger charge is 2.60. The predicted octanol–water partition coefficient (Wildman–Crippen LogP) is -0.180. The second-order valence-electron chi connectivity index (χ2n) is 9.42. The maximum atomic E-state index is 10.5. The van der Waals surface area contributed by atoms with Gasteiger partial charge in [0, 0.05) is 22.8 Å². The third kappa shape index (κ3) is 3.05. The van der Waals surface area contributed by atoms with Gasteiger partial charge in [0.2, 0.25) is 0 Å². The average Bonchev–Trinajstić information content (AvgIpc) is 3.09. The molecule has 2 saturated heterocycles. The number of thioether (sulfide) groups is 1. The van der Waals surface area contributed by atoms with Gasteiger partial charge >= 0.3 is 0 Å². The number of likely N-dealkylation sites (tertiary alicyclic amines) is 1. The Bertz CT molecular complexity index is 853. The van der Waals surface area contributed by atoms with E-state index in [9.17, 15) is 25.5 Å². The van der Waals surface area contributed by atoms with Gasteiger partial charge in [-0.15, -0.1) is 11.8 Å². The molecule has 4 aliphatic rings. The number of aromatic hydroxyl groups is 1. The molecule has 2 fully saturated rings. The van der Waals surface area contributed by atoms with Crippen LogP contribution in [0.1, 0.15) is 24.5 Å². The smallest absolute Gasteiger partial charge is 0.165 e. The van der Waals surface area contributed by atoms with Crippen molar-refractivity contribution in [3.8, 4) is 11.5 Å². The monoisotopic (exact) mass is 453 g/mol. The lowest BCUT2D eigenvalue weighted by Crippen LogP contribution is -2.62. The van der Waals surface area contributed by atoms with Crippen molar-refractivity contribution in [3.05, 3.63) is 23.3 Å². The second kappa shape index (κ2) is 7.76. The van der Waals surface area contributed by atoms with Crippen molar-refractivity contribution in [2.75, 3.05) is 26.0 Å². The van der Waals surface area contributed by atoms with Crippen molar-refractivity contribution < 1.29 is 35.0 Å². The summed E-state index contributed by atoms with van der Waals surface area (Å²) >= 11 is 1.32. The third-order valence-corrected chi connectivity index (χ3v) is 9.26. The topological polar surface area (TPSA) is 123 Å². The molecule has 6 unspecified atom stereocenters. The first-order valence-electron chi connectivity index (χ1n) is 10.9. The van der Waals surface area contributed by atoms with Crippen molar-refractivity contribution in [1.82, 2.24) is 4.90 Å². The molecule has 9 atom stereocenters. The van der Waals surface area contributed by atoms with Gasteiger partial charge in [0.05, 0.1) is 6.61 Å². The summed E-state index contributed by atoms with van der Waals surface area (Å²) in [5.41, 5.74) is 1.32. The molecule has 5 N–H and O–H groups in total. The Kier molecular flexibility index (Phi) is 5.45. The quantitative estimate of drug-likeness (QED) is 0.422. The van der Waals surface area contributed by atoms with Crippen LogP contribution in [-0.4, -0.2) is 98.4 Å². The summed E-state index contributed by atoms with van der Waals surface area (Å²) in [6, 6.07) is 4.11. The zero-order chi connectivity index (χ0) is 22.1. The number of likely N-dealkylation sites (N-methyl/N-ethyl adjacent to an activating group) is 1. The van der Waals surface area contributed by atoms with Crippen LogP contribution in [0.4, 0.5) is 0 Å². The van der Waals surface area contributed by atoms with Gasteiger partial charge in [0.25, 0.3) is 0 Å². The molecule has 31 heavy (non-hydrogen) atoms. The summed E-state index contributed by atoms with van der Waals surface area (Å²) in [5, 5.41) is 50.6. The number of rotatable bonds is 4. The minimum absolute atomic E-state index is 0.156. The van der Waals surface area contributed by atoms with Gasteiger partial charge in [-0.1, -0.05) is 13.0 Å². The Labute approximate surface area is 185 Å². The fraction of sp³-hybridized carbons (Fsp3) is 0.727. The number of fused-ring (bicyclic) bond motifs is 1. The lowest BCUT2D eigenvalue weighted by molar-refractivity contribution is -0.205. The van der Waals surface area contributed by atoms with Crippen molar-refractivity contribution in [2.24, 2.45) is 5.92 Å². The van der Waals surface area contributed by atoms with Gasteiger partial charge in [-0.05, 0) is 44.0 Å². The van der Waals surface area contributed by atoms with Gasteiger partial charge < -0.3 is 39.9 Å². The van der Waals surface area contributed by atoms with E-state index in [1.54, 1.807) is 6.07 Å². The fourth-order valence-electron chi connectivity index (χ4n) is 6.24. The summed E-state index contributed by atoms with van der Waals surface area (Å²) in [6.45, 7) is 2.75. The van der Waals surface area contributed by atoms with E-state index in [-0.39, 0.29) is 17.3 Å². The number of piperidine rings is 1. The summed E-state index contributed by atoms with van der Waals surface area (Å²) in [5.74, 6) is 1.54. The van der Waals surface area contributed by atoms with Crippen LogP contribution in [-0.2, 0) is 16.6 Å². The molecular weight excluding hydrogens is 422 g/mol. The van der Waals surface area contributed by atoms with Crippen LogP contribution in [0.25, 0.3) is 0 Å². The maximum absolute atomic E-state index is 10.5. The van der Waals surface area contributed by atoms with Crippen LogP contribution < -0.4 is 4.74 Å². The first kappa shape index (κ1) is 21.8. The van der Waals surface area contributed by atoms with Crippen LogP contribution in [0.15, 0.2) is 12.1 Å². The summed E-state index contributed by atoms with van der Waals surface area (Å²) in [6.07, 6.45) is -3.34. The highest BCUT2D eigenvalue weighted by atomic mass is 32.2. The summed E-state index contributed by atoms with van der Waals surface area (Å²) < 4.78 is 12.1. The molecule has 5 rings (SSSR count). The Hall–Kier alpha value is -1.07. The zero-order valence-electron chi connectivity index (χ0n) is 17.7. The van der Waals surface area contributed by atoms with Gasteiger partial charge in [0.1, 0.15) is 36.0 Å². The normalized spacial score (nSPS) is 44.1. The maximum Gasteiger partial charge on any atom is 0.165 e. The van der Waals surface area contributed by atoms with Crippen LogP contribution >= 0.6 is 11.8 Å². The van der Waals surface area contributed by atoms with Crippen molar-refractivity contribution >= 4 is 11.8 Å². The lowest BCUT2D eigenvalue weighted by Gasteiger charge is -2.54. The standard InChI is InChI=1S/C22H31NO7S/c1-10-12-7-11-3-4-13(25)20-16(11)22(10,5-6-23(12)2)15(30-20)9-31-21-19(28)18(27)17(26)14(8-24)29-21/h3-4,10,12,14-15,17-19,21,24-28H,5-9H2,1-2H3/t10?,12?,14-,15?,17?,18+,19?,21+,22?/m1/s1. The largest absolute Gasteiger partial charge is 0.504 e. The molecule has 172 valence electrons. The number of hydrogen-bond acceptors (Lipinski definition) is 9. The van der Waals surface area contributed by atoms with Crippen molar-refractivity contribution in [3.63, 3.8) is 0 Å². The average molecular weight is 454 g/mol. The van der Waals surface area contributed by atoms with E-state index in [2.05, 4.69) is 18.9 Å². The SMILES string of the molecule is CC1C2Cc3ccc(O)c4c3C1(CCN2C)C(CS[C@@H]1O[C@H](CO)C(O)[C@H](O)C1O)O4. The molecule has 1 aromatic rings. The summed E-state index contributed by atoms with van der Waals surface area (Å²) in [7, 11) is 2.16. The van der Waals surface area contributed by atoms with Crippen LogP contribution in [0.2, 0.25) is 0 Å². The van der Waals surface area contributed by atoms with E-state index in [0.717, 1.165) is 24.9 Å². The molecule has 0 radical (unpaired) electrons. The van der Waals surface area contributed by atoms with Crippen LogP contribution in [0.3, 0.4) is 0 Å². The molecule has 3 aliphatic heterocycles. The Morgan fingerprint density at radius 3 is 2.71 bits per heavy atom. The molecule has 3 heterocycles. The lowest BCUT2D eigenvalue weighted by atomic mass is 9.56. The Morgan fingerprint density at radius 1 is 1.19 bits per heavy atom. The van der Waals surface area contributed by atoms with E-state index in [4.69, 9.17) is 9.47 Å². The molecule has 0 saturated carbocycles. The van der Waals surface area contributed by atoms with Gasteiger partial charge in [-0.25, -0.2) is 0 Å². The van der Waals surface area contributed by atoms with Crippen LogP contribution in [0.5, 0.6) is 11.5 Å². The minimum atomic E-state index is -1.39. The van der Waals surface area contributed by atoms with Gasteiger partial charge in [0.15, 0.2) is 11.5 Å². The summed E-state index contributed by atoms with van der Waals surface area (Å²) in [4.78, 5) is 2.41. The number of nitrogens with zero attached hydrogens (tertiary/aromatic N) is 1. The van der Waals surface area contributed by atoms with E-state index < -0.39 is 36.5 Å². The molecular formula is C22H31NO7S. The first-order chi connectivity index (χ1) is 14.8. The number of aliphatic hydroxyl groups is 4.